The lowest BCUT2D eigenvalue weighted by molar-refractivity contribution is -0.148. The zero-order chi connectivity index (χ0) is 42.6. The molecule has 9 heteroatoms. The fraction of sp³-hybridized carbons (Fsp3) is 0.837. The van der Waals surface area contributed by atoms with E-state index in [2.05, 4.69) is 51.7 Å². The first-order valence-corrected chi connectivity index (χ1v) is 23.8. The van der Waals surface area contributed by atoms with Gasteiger partial charge in [0, 0.05) is 39.0 Å². The second-order valence-corrected chi connectivity index (χ2v) is 16.2. The van der Waals surface area contributed by atoms with Crippen molar-refractivity contribution >= 4 is 12.1 Å². The van der Waals surface area contributed by atoms with Crippen LogP contribution in [0.2, 0.25) is 0 Å². The summed E-state index contributed by atoms with van der Waals surface area (Å²) in [4.78, 5) is 27.0. The Hall–Kier alpha value is -2.36. The van der Waals surface area contributed by atoms with Crippen LogP contribution in [0.4, 0.5) is 4.79 Å². The summed E-state index contributed by atoms with van der Waals surface area (Å²) in [6, 6.07) is 0. The number of rotatable bonds is 44. The zero-order valence-corrected chi connectivity index (χ0v) is 38.4. The van der Waals surface area contributed by atoms with E-state index < -0.39 is 6.16 Å². The molecule has 1 atom stereocenters. The molecule has 0 N–H and O–H groups in total. The van der Waals surface area contributed by atoms with E-state index in [0.717, 1.165) is 57.9 Å². The van der Waals surface area contributed by atoms with Crippen molar-refractivity contribution in [2.45, 2.75) is 200 Å². The molecule has 0 aromatic heterocycles. The minimum Gasteiger partial charge on any atom is -0.498 e. The van der Waals surface area contributed by atoms with Gasteiger partial charge in [-0.05, 0) is 71.9 Å². The third-order valence-electron chi connectivity index (χ3n) is 10.0. The maximum Gasteiger partial charge on any atom is 0.508 e. The number of hydrogen-bond acceptors (Lipinski definition) is 9. The number of esters is 1. The molecule has 0 aromatic rings. The molecule has 0 bridgehead atoms. The Balaban J connectivity index is 4.76. The van der Waals surface area contributed by atoms with Crippen molar-refractivity contribution in [3.05, 3.63) is 36.6 Å². The first kappa shape index (κ1) is 55.6. The van der Waals surface area contributed by atoms with Crippen LogP contribution in [0.15, 0.2) is 36.6 Å². The maximum atomic E-state index is 12.7. The van der Waals surface area contributed by atoms with E-state index in [1.54, 1.807) is 0 Å². The maximum absolute atomic E-state index is 12.7. The Morgan fingerprint density at radius 1 is 0.534 bits per heavy atom. The monoisotopic (exact) mass is 822 g/mol. The molecule has 0 fully saturated rings. The van der Waals surface area contributed by atoms with Crippen LogP contribution in [0.25, 0.3) is 0 Å². The van der Waals surface area contributed by atoms with Crippen LogP contribution in [-0.4, -0.2) is 83.6 Å². The summed E-state index contributed by atoms with van der Waals surface area (Å²) in [5.41, 5.74) is 0. The summed E-state index contributed by atoms with van der Waals surface area (Å²) < 4.78 is 34.7. The average Bonchev–Trinajstić information content (AvgIpc) is 3.21. The van der Waals surface area contributed by atoms with Crippen molar-refractivity contribution in [1.82, 2.24) is 4.90 Å². The van der Waals surface area contributed by atoms with Gasteiger partial charge in [-0.1, -0.05) is 148 Å². The van der Waals surface area contributed by atoms with E-state index >= 15 is 0 Å². The topological polar surface area (TPSA) is 92.8 Å². The highest BCUT2D eigenvalue weighted by molar-refractivity contribution is 5.69. The van der Waals surface area contributed by atoms with Crippen LogP contribution in [0.3, 0.4) is 0 Å². The van der Waals surface area contributed by atoms with Crippen LogP contribution >= 0.6 is 0 Å². The molecule has 0 spiro atoms. The van der Waals surface area contributed by atoms with E-state index in [0.29, 0.717) is 44.7 Å². The molecule has 1 unspecified atom stereocenters. The summed E-state index contributed by atoms with van der Waals surface area (Å²) in [6.07, 6.45) is 37.4. The van der Waals surface area contributed by atoms with Crippen molar-refractivity contribution in [3.8, 4) is 0 Å². The predicted molar refractivity (Wildman–Crippen MR) is 241 cm³/mol. The highest BCUT2D eigenvalue weighted by Gasteiger charge is 2.18. The van der Waals surface area contributed by atoms with Gasteiger partial charge in [0.2, 0.25) is 0 Å². The van der Waals surface area contributed by atoms with Gasteiger partial charge in [0.05, 0.1) is 24.9 Å². The van der Waals surface area contributed by atoms with Crippen molar-refractivity contribution in [3.63, 3.8) is 0 Å². The fourth-order valence-electron chi connectivity index (χ4n) is 6.27. The molecule has 0 aliphatic heterocycles. The van der Waals surface area contributed by atoms with Crippen molar-refractivity contribution in [1.29, 1.82) is 0 Å². The van der Waals surface area contributed by atoms with Crippen LogP contribution in [0.1, 0.15) is 194 Å². The molecular formula is C49H91NO8. The first-order chi connectivity index (χ1) is 28.3. The lowest BCUT2D eigenvalue weighted by Gasteiger charge is -2.21. The second kappa shape index (κ2) is 44.2. The van der Waals surface area contributed by atoms with Crippen LogP contribution in [0.5, 0.6) is 0 Å². The van der Waals surface area contributed by atoms with Gasteiger partial charge in [0.1, 0.15) is 13.2 Å². The van der Waals surface area contributed by atoms with Gasteiger partial charge >= 0.3 is 12.1 Å². The summed E-state index contributed by atoms with van der Waals surface area (Å²) in [5.74, 6) is 0.000955. The molecule has 0 saturated carbocycles. The van der Waals surface area contributed by atoms with Crippen LogP contribution in [-0.2, 0) is 33.2 Å². The van der Waals surface area contributed by atoms with E-state index in [9.17, 15) is 9.59 Å². The third kappa shape index (κ3) is 41.8. The number of carbonyl (C=O) groups excluding carboxylic acids is 2. The predicted octanol–water partition coefficient (Wildman–Crippen LogP) is 13.5. The summed E-state index contributed by atoms with van der Waals surface area (Å²) in [6.45, 7) is 13.6. The average molecular weight is 822 g/mol. The fourth-order valence-corrected chi connectivity index (χ4v) is 6.27. The Morgan fingerprint density at radius 3 is 1.64 bits per heavy atom. The molecule has 0 heterocycles. The van der Waals surface area contributed by atoms with Crippen molar-refractivity contribution in [2.75, 3.05) is 60.3 Å². The van der Waals surface area contributed by atoms with Gasteiger partial charge < -0.3 is 33.3 Å². The van der Waals surface area contributed by atoms with Gasteiger partial charge in [-0.25, -0.2) is 4.79 Å². The van der Waals surface area contributed by atoms with Crippen molar-refractivity contribution < 1.29 is 38.0 Å². The standard InChI is InChI=1S/C49H91NO8/c1-7-10-13-16-19-20-21-22-23-24-25-26-27-28-31-35-47(51)57-43-46(44-58-49(52)55-41-34-38-50(5)6)42-56-45(4)36-37-48(53-39-32-29-17-14-11-8-2)54-40-33-30-18-15-12-9-3/h19-20,22-23,46,48H,4,7-18,21,24-44H2,1-3,5-6H3/b20-19-,23-22-. The highest BCUT2D eigenvalue weighted by atomic mass is 16.7. The Morgan fingerprint density at radius 2 is 1.03 bits per heavy atom. The third-order valence-corrected chi connectivity index (χ3v) is 10.0. The highest BCUT2D eigenvalue weighted by Crippen LogP contribution is 2.16. The minimum atomic E-state index is -0.730. The lowest BCUT2D eigenvalue weighted by atomic mass is 10.1. The first-order valence-electron chi connectivity index (χ1n) is 23.8. The van der Waals surface area contributed by atoms with Crippen LogP contribution in [0, 0.1) is 5.92 Å². The van der Waals surface area contributed by atoms with Gasteiger partial charge in [0.25, 0.3) is 0 Å². The van der Waals surface area contributed by atoms with Gasteiger partial charge in [-0.2, -0.15) is 0 Å². The largest absolute Gasteiger partial charge is 0.508 e. The van der Waals surface area contributed by atoms with E-state index in [1.807, 2.05) is 19.0 Å². The van der Waals surface area contributed by atoms with Gasteiger partial charge in [0.15, 0.2) is 6.29 Å². The number of hydrogen-bond donors (Lipinski definition) is 0. The summed E-state index contributed by atoms with van der Waals surface area (Å²) in [7, 11) is 3.95. The number of allylic oxidation sites excluding steroid dienone is 5. The number of nitrogens with zero attached hydrogens (tertiary/aromatic N) is 1. The molecule has 0 aliphatic rings. The van der Waals surface area contributed by atoms with Gasteiger partial charge in [-0.15, -0.1) is 0 Å². The SMILES string of the molecule is C=C(CCC(OCCCCCCCC)OCCCCCCCC)OCC(COC(=O)CCCCCCC/C=C\C/C=C\CCCCC)COC(=O)OCCCN(C)C. The smallest absolute Gasteiger partial charge is 0.498 e. The molecule has 0 amide bonds. The molecule has 0 rings (SSSR count). The molecular weight excluding hydrogens is 731 g/mol. The number of carbonyl (C=O) groups is 2. The molecule has 0 aliphatic carbocycles. The summed E-state index contributed by atoms with van der Waals surface area (Å²) in [5, 5.41) is 0. The quantitative estimate of drug-likeness (QED) is 0.0196. The zero-order valence-electron chi connectivity index (χ0n) is 38.4. The Labute approximate surface area is 357 Å². The normalized spacial score (nSPS) is 12.3. The molecule has 0 aromatic carbocycles. The molecule has 9 nitrogen and oxygen atoms in total. The van der Waals surface area contributed by atoms with Crippen LogP contribution < -0.4 is 0 Å². The molecule has 340 valence electrons. The summed E-state index contributed by atoms with van der Waals surface area (Å²) >= 11 is 0. The van der Waals surface area contributed by atoms with E-state index in [1.165, 1.54) is 96.3 Å². The lowest BCUT2D eigenvalue weighted by Crippen LogP contribution is -2.26. The molecule has 0 radical (unpaired) electrons. The van der Waals surface area contributed by atoms with Gasteiger partial charge in [-0.3, -0.25) is 4.79 Å². The Bertz CT molecular complexity index is 966. The number of unbranched alkanes of at least 4 members (excludes halogenated alkanes) is 18. The minimum absolute atomic E-state index is 0.0160. The molecule has 58 heavy (non-hydrogen) atoms. The van der Waals surface area contributed by atoms with E-state index in [4.69, 9.17) is 28.4 Å². The van der Waals surface area contributed by atoms with E-state index in [-0.39, 0.29) is 44.6 Å². The molecule has 0 saturated heterocycles. The second-order valence-electron chi connectivity index (χ2n) is 16.2. The number of ether oxygens (including phenoxy) is 6. The van der Waals surface area contributed by atoms with Crippen molar-refractivity contribution in [2.24, 2.45) is 5.92 Å². The Kier molecular flexibility index (Phi) is 42.4.